The topological polar surface area (TPSA) is 101 Å². The van der Waals surface area contributed by atoms with Crippen LogP contribution in [0.2, 0.25) is 0 Å². The van der Waals surface area contributed by atoms with Gasteiger partial charge in [0.05, 0.1) is 4.90 Å². The Labute approximate surface area is 142 Å². The van der Waals surface area contributed by atoms with Gasteiger partial charge >= 0.3 is 6.03 Å². The molecule has 0 fully saturated rings. The zero-order chi connectivity index (χ0) is 17.4. The van der Waals surface area contributed by atoms with E-state index < -0.39 is 16.1 Å². The Morgan fingerprint density at radius 1 is 0.875 bits per heavy atom. The van der Waals surface area contributed by atoms with E-state index in [1.54, 1.807) is 24.3 Å². The van der Waals surface area contributed by atoms with Gasteiger partial charge in [-0.1, -0.05) is 42.5 Å². The van der Waals surface area contributed by atoms with E-state index in [0.717, 1.165) is 11.1 Å². The Bertz CT molecular complexity index is 759. The summed E-state index contributed by atoms with van der Waals surface area (Å²) in [6, 6.07) is 16.0. The maximum Gasteiger partial charge on any atom is 0.312 e. The number of sulfonamides is 1. The van der Waals surface area contributed by atoms with Crippen molar-refractivity contribution in [2.24, 2.45) is 5.73 Å². The molecule has 0 heterocycles. The molecular weight excluding hydrogens is 326 g/mol. The fraction of sp³-hybridized carbons (Fsp3) is 0.235. The number of nitrogens with two attached hydrogens (primary N) is 1. The van der Waals surface area contributed by atoms with Crippen LogP contribution in [0.3, 0.4) is 0 Å². The van der Waals surface area contributed by atoms with Gasteiger partial charge in [0.25, 0.3) is 0 Å². The summed E-state index contributed by atoms with van der Waals surface area (Å²) in [6.45, 7) is 0.742. The molecule has 0 atom stereocenters. The SMILES string of the molecule is NC(=O)NCCCCNS(=O)(=O)c1ccc(-c2ccccc2)cc1. The number of carbonyl (C=O) groups excluding carboxylic acids is 1. The van der Waals surface area contributed by atoms with Crippen LogP contribution in [0.1, 0.15) is 12.8 Å². The fourth-order valence-corrected chi connectivity index (χ4v) is 3.28. The lowest BCUT2D eigenvalue weighted by Gasteiger charge is -2.08. The average Bonchev–Trinajstić information content (AvgIpc) is 2.58. The van der Waals surface area contributed by atoms with Gasteiger partial charge in [0.1, 0.15) is 0 Å². The molecule has 0 aliphatic rings. The fourth-order valence-electron chi connectivity index (χ4n) is 2.21. The smallest absolute Gasteiger partial charge is 0.312 e. The molecule has 4 N–H and O–H groups in total. The van der Waals surface area contributed by atoms with Crippen LogP contribution in [0, 0.1) is 0 Å². The first-order chi connectivity index (χ1) is 11.5. The van der Waals surface area contributed by atoms with Crippen LogP contribution in [0.15, 0.2) is 59.5 Å². The lowest BCUT2D eigenvalue weighted by molar-refractivity contribution is 0.248. The molecule has 24 heavy (non-hydrogen) atoms. The van der Waals surface area contributed by atoms with Crippen molar-refractivity contribution in [3.05, 3.63) is 54.6 Å². The van der Waals surface area contributed by atoms with Gasteiger partial charge in [0, 0.05) is 13.1 Å². The van der Waals surface area contributed by atoms with Crippen molar-refractivity contribution in [3.8, 4) is 11.1 Å². The van der Waals surface area contributed by atoms with E-state index in [1.165, 1.54) is 0 Å². The Balaban J connectivity index is 1.89. The number of hydrogen-bond acceptors (Lipinski definition) is 3. The first-order valence-electron chi connectivity index (χ1n) is 7.67. The number of carbonyl (C=O) groups is 1. The quantitative estimate of drug-likeness (QED) is 0.637. The van der Waals surface area contributed by atoms with Crippen LogP contribution in [0.4, 0.5) is 4.79 Å². The number of rotatable bonds is 8. The Kier molecular flexibility index (Phi) is 6.34. The molecule has 0 saturated heterocycles. The normalized spacial score (nSPS) is 11.2. The third-order valence-corrected chi connectivity index (χ3v) is 4.94. The lowest BCUT2D eigenvalue weighted by atomic mass is 10.1. The van der Waals surface area contributed by atoms with Crippen LogP contribution in [-0.2, 0) is 10.0 Å². The van der Waals surface area contributed by atoms with Gasteiger partial charge < -0.3 is 11.1 Å². The van der Waals surface area contributed by atoms with Crippen molar-refractivity contribution in [3.63, 3.8) is 0 Å². The van der Waals surface area contributed by atoms with E-state index in [4.69, 9.17) is 5.73 Å². The van der Waals surface area contributed by atoms with Crippen molar-refractivity contribution < 1.29 is 13.2 Å². The summed E-state index contributed by atoms with van der Waals surface area (Å²) < 4.78 is 27.0. The van der Waals surface area contributed by atoms with E-state index >= 15 is 0 Å². The van der Waals surface area contributed by atoms with Crippen molar-refractivity contribution in [1.82, 2.24) is 10.0 Å². The summed E-state index contributed by atoms with van der Waals surface area (Å²) in [5.41, 5.74) is 6.95. The highest BCUT2D eigenvalue weighted by atomic mass is 32.2. The molecular formula is C17H21N3O3S. The summed E-state index contributed by atoms with van der Waals surface area (Å²) in [5.74, 6) is 0. The molecule has 2 aromatic carbocycles. The van der Waals surface area contributed by atoms with Crippen LogP contribution < -0.4 is 15.8 Å². The molecule has 2 amide bonds. The molecule has 128 valence electrons. The van der Waals surface area contributed by atoms with Crippen molar-refractivity contribution in [1.29, 1.82) is 0 Å². The Morgan fingerprint density at radius 2 is 1.46 bits per heavy atom. The lowest BCUT2D eigenvalue weighted by Crippen LogP contribution is -2.31. The molecule has 6 nitrogen and oxygen atoms in total. The standard InChI is InChI=1S/C17H21N3O3S/c18-17(21)19-12-4-5-13-20-24(22,23)16-10-8-15(9-11-16)14-6-2-1-3-7-14/h1-3,6-11,20H,4-5,12-13H2,(H3,18,19,21). The maximum atomic E-state index is 12.2. The Hall–Kier alpha value is -2.38. The summed E-state index contributed by atoms with van der Waals surface area (Å²) in [4.78, 5) is 10.7. The molecule has 0 aliphatic heterocycles. The minimum Gasteiger partial charge on any atom is -0.352 e. The molecule has 0 saturated carbocycles. The predicted molar refractivity (Wildman–Crippen MR) is 93.9 cm³/mol. The number of urea groups is 1. The zero-order valence-corrected chi connectivity index (χ0v) is 14.1. The van der Waals surface area contributed by atoms with Gasteiger partial charge in [-0.15, -0.1) is 0 Å². The van der Waals surface area contributed by atoms with Gasteiger partial charge in [-0.05, 0) is 36.1 Å². The third-order valence-electron chi connectivity index (χ3n) is 3.47. The van der Waals surface area contributed by atoms with E-state index in [2.05, 4.69) is 10.0 Å². The van der Waals surface area contributed by atoms with Gasteiger partial charge in [-0.25, -0.2) is 17.9 Å². The molecule has 0 spiro atoms. The number of nitrogens with one attached hydrogen (secondary N) is 2. The van der Waals surface area contributed by atoms with Crippen LogP contribution in [0.5, 0.6) is 0 Å². The molecule has 7 heteroatoms. The molecule has 0 unspecified atom stereocenters. The number of amides is 2. The maximum absolute atomic E-state index is 12.2. The predicted octanol–water partition coefficient (Wildman–Crippen LogP) is 2.08. The van der Waals surface area contributed by atoms with Crippen LogP contribution in [0.25, 0.3) is 11.1 Å². The van der Waals surface area contributed by atoms with Crippen molar-refractivity contribution >= 4 is 16.1 Å². The number of unbranched alkanes of at least 4 members (excludes halogenated alkanes) is 1. The van der Waals surface area contributed by atoms with Gasteiger partial charge in [-0.2, -0.15) is 0 Å². The van der Waals surface area contributed by atoms with Crippen LogP contribution in [-0.4, -0.2) is 27.5 Å². The second kappa shape index (κ2) is 8.47. The Morgan fingerprint density at radius 3 is 2.08 bits per heavy atom. The highest BCUT2D eigenvalue weighted by molar-refractivity contribution is 7.89. The highest BCUT2D eigenvalue weighted by Crippen LogP contribution is 2.20. The molecule has 0 aromatic heterocycles. The van der Waals surface area contributed by atoms with Crippen LogP contribution >= 0.6 is 0 Å². The van der Waals surface area contributed by atoms with Gasteiger partial charge in [0.2, 0.25) is 10.0 Å². The first-order valence-corrected chi connectivity index (χ1v) is 9.16. The van der Waals surface area contributed by atoms with Gasteiger partial charge in [0.15, 0.2) is 0 Å². The number of benzene rings is 2. The van der Waals surface area contributed by atoms with Crippen molar-refractivity contribution in [2.45, 2.75) is 17.7 Å². The zero-order valence-electron chi connectivity index (χ0n) is 13.2. The minimum absolute atomic E-state index is 0.234. The monoisotopic (exact) mass is 347 g/mol. The first kappa shape index (κ1) is 18.0. The summed E-state index contributed by atoms with van der Waals surface area (Å²) >= 11 is 0. The van der Waals surface area contributed by atoms with E-state index in [1.807, 2.05) is 30.3 Å². The summed E-state index contributed by atoms with van der Waals surface area (Å²) in [5, 5.41) is 2.46. The van der Waals surface area contributed by atoms with E-state index in [0.29, 0.717) is 25.9 Å². The van der Waals surface area contributed by atoms with E-state index in [-0.39, 0.29) is 4.90 Å². The largest absolute Gasteiger partial charge is 0.352 e. The molecule has 2 rings (SSSR count). The second-order valence-electron chi connectivity index (χ2n) is 5.29. The minimum atomic E-state index is -3.52. The molecule has 2 aromatic rings. The third kappa shape index (κ3) is 5.36. The van der Waals surface area contributed by atoms with Crippen molar-refractivity contribution in [2.75, 3.05) is 13.1 Å². The number of primary amides is 1. The highest BCUT2D eigenvalue weighted by Gasteiger charge is 2.13. The number of hydrogen-bond donors (Lipinski definition) is 3. The molecule has 0 aliphatic carbocycles. The molecule has 0 bridgehead atoms. The second-order valence-corrected chi connectivity index (χ2v) is 7.05. The van der Waals surface area contributed by atoms with Gasteiger partial charge in [-0.3, -0.25) is 0 Å². The summed E-state index contributed by atoms with van der Waals surface area (Å²) in [6.07, 6.45) is 1.26. The van der Waals surface area contributed by atoms with E-state index in [9.17, 15) is 13.2 Å². The average molecular weight is 347 g/mol. The molecule has 0 radical (unpaired) electrons. The summed E-state index contributed by atoms with van der Waals surface area (Å²) in [7, 11) is -3.52.